The third-order valence-corrected chi connectivity index (χ3v) is 7.32. The molecule has 0 aliphatic heterocycles. The lowest BCUT2D eigenvalue weighted by Gasteiger charge is -2.15. The molecule has 0 saturated carbocycles. The van der Waals surface area contributed by atoms with Crippen LogP contribution in [0, 0.1) is 0 Å². The van der Waals surface area contributed by atoms with Crippen molar-refractivity contribution in [3.8, 4) is 11.4 Å². The van der Waals surface area contributed by atoms with Crippen molar-refractivity contribution < 1.29 is 14.3 Å². The fraction of sp³-hybridized carbons (Fsp3) is 0.304. The maximum atomic E-state index is 12.7. The number of benzene rings is 2. The van der Waals surface area contributed by atoms with Crippen LogP contribution in [0.25, 0.3) is 15.9 Å². The number of methoxy groups -OCH3 is 1. The van der Waals surface area contributed by atoms with Crippen LogP contribution in [-0.2, 0) is 16.1 Å². The van der Waals surface area contributed by atoms with Crippen LogP contribution in [0.15, 0.2) is 58.5 Å². The highest BCUT2D eigenvalue weighted by molar-refractivity contribution is 8.00. The predicted octanol–water partition coefficient (Wildman–Crippen LogP) is 4.13. The Morgan fingerprint density at radius 2 is 1.88 bits per heavy atom. The Hall–Kier alpha value is -3.11. The standard InChI is InChI=1S/C23H24N4O4S2/c1-4-18(21(28)31-5-2)32-22-25-24-20(27(22)15-10-12-16(30-3)13-11-15)14-26-17-8-6-7-9-19(17)33-23(26)29/h6-13,18H,4-5,14H2,1-3H3/t18-/m0/s1. The first-order chi connectivity index (χ1) is 16.0. The van der Waals surface area contributed by atoms with Crippen LogP contribution in [-0.4, -0.2) is 44.3 Å². The molecule has 172 valence electrons. The minimum Gasteiger partial charge on any atom is -0.497 e. The predicted molar refractivity (Wildman–Crippen MR) is 130 cm³/mol. The van der Waals surface area contributed by atoms with Gasteiger partial charge in [0, 0.05) is 5.69 Å². The maximum Gasteiger partial charge on any atom is 0.319 e. The van der Waals surface area contributed by atoms with Gasteiger partial charge in [0.25, 0.3) is 0 Å². The molecular formula is C23H24N4O4S2. The molecule has 0 fully saturated rings. The second-order valence-corrected chi connectivity index (χ2v) is 9.28. The first kappa shape index (κ1) is 23.1. The molecular weight excluding hydrogens is 460 g/mol. The van der Waals surface area contributed by atoms with E-state index in [0.29, 0.717) is 24.0 Å². The summed E-state index contributed by atoms with van der Waals surface area (Å²) in [5.74, 6) is 1.03. The summed E-state index contributed by atoms with van der Waals surface area (Å²) in [5.41, 5.74) is 1.66. The fourth-order valence-corrected chi connectivity index (χ4v) is 5.32. The van der Waals surface area contributed by atoms with E-state index in [2.05, 4.69) is 10.2 Å². The van der Waals surface area contributed by atoms with Gasteiger partial charge in [-0.2, -0.15) is 0 Å². The van der Waals surface area contributed by atoms with Crippen LogP contribution < -0.4 is 9.61 Å². The number of thiazole rings is 1. The van der Waals surface area contributed by atoms with E-state index in [1.165, 1.54) is 23.1 Å². The molecule has 0 amide bonds. The highest BCUT2D eigenvalue weighted by Crippen LogP contribution is 2.29. The van der Waals surface area contributed by atoms with E-state index in [-0.39, 0.29) is 17.4 Å². The number of ether oxygens (including phenoxy) is 2. The van der Waals surface area contributed by atoms with E-state index in [0.717, 1.165) is 21.7 Å². The third kappa shape index (κ3) is 4.81. The zero-order valence-corrected chi connectivity index (χ0v) is 20.2. The summed E-state index contributed by atoms with van der Waals surface area (Å²) in [5, 5.41) is 8.93. The molecule has 8 nitrogen and oxygen atoms in total. The van der Waals surface area contributed by atoms with Crippen molar-refractivity contribution >= 4 is 39.3 Å². The van der Waals surface area contributed by atoms with Crippen molar-refractivity contribution in [1.82, 2.24) is 19.3 Å². The zero-order valence-electron chi connectivity index (χ0n) is 18.6. The van der Waals surface area contributed by atoms with Gasteiger partial charge in [-0.1, -0.05) is 42.2 Å². The van der Waals surface area contributed by atoms with Crippen LogP contribution in [0.5, 0.6) is 5.75 Å². The van der Waals surface area contributed by atoms with Crippen LogP contribution >= 0.6 is 23.1 Å². The summed E-state index contributed by atoms with van der Waals surface area (Å²) in [7, 11) is 1.61. The summed E-state index contributed by atoms with van der Waals surface area (Å²) in [6.07, 6.45) is 0.586. The average Bonchev–Trinajstić information content (AvgIpc) is 3.38. The average molecular weight is 485 g/mol. The number of carbonyl (C=O) groups excluding carboxylic acids is 1. The monoisotopic (exact) mass is 484 g/mol. The Kier molecular flexibility index (Phi) is 7.14. The molecule has 0 unspecified atom stereocenters. The van der Waals surface area contributed by atoms with Gasteiger partial charge in [-0.3, -0.25) is 18.7 Å². The fourth-order valence-electron chi connectivity index (χ4n) is 3.44. The Morgan fingerprint density at radius 1 is 1.12 bits per heavy atom. The van der Waals surface area contributed by atoms with E-state index in [1.807, 2.05) is 60.0 Å². The number of aromatic nitrogens is 4. The van der Waals surface area contributed by atoms with Crippen LogP contribution in [0.1, 0.15) is 26.1 Å². The largest absolute Gasteiger partial charge is 0.497 e. The number of thioether (sulfide) groups is 1. The van der Waals surface area contributed by atoms with Gasteiger partial charge in [0.15, 0.2) is 11.0 Å². The topological polar surface area (TPSA) is 88.2 Å². The first-order valence-electron chi connectivity index (χ1n) is 10.6. The van der Waals surface area contributed by atoms with E-state index in [9.17, 15) is 9.59 Å². The molecule has 0 aliphatic carbocycles. The van der Waals surface area contributed by atoms with Gasteiger partial charge in [0.2, 0.25) is 0 Å². The number of carbonyl (C=O) groups is 1. The van der Waals surface area contributed by atoms with Crippen molar-refractivity contribution in [3.63, 3.8) is 0 Å². The number of hydrogen-bond donors (Lipinski definition) is 0. The van der Waals surface area contributed by atoms with Gasteiger partial charge in [-0.25, -0.2) is 0 Å². The second-order valence-electron chi connectivity index (χ2n) is 7.12. The normalized spacial score (nSPS) is 12.1. The number of esters is 1. The molecule has 0 saturated heterocycles. The molecule has 33 heavy (non-hydrogen) atoms. The number of rotatable bonds is 9. The van der Waals surface area contributed by atoms with E-state index in [4.69, 9.17) is 9.47 Å². The second kappa shape index (κ2) is 10.2. The summed E-state index contributed by atoms with van der Waals surface area (Å²) in [4.78, 5) is 25.0. The molecule has 0 N–H and O–H groups in total. The highest BCUT2D eigenvalue weighted by atomic mass is 32.2. The summed E-state index contributed by atoms with van der Waals surface area (Å²) in [6.45, 7) is 4.29. The minimum atomic E-state index is -0.413. The van der Waals surface area contributed by atoms with Crippen LogP contribution in [0.4, 0.5) is 0 Å². The maximum absolute atomic E-state index is 12.7. The number of fused-ring (bicyclic) bond motifs is 1. The number of hydrogen-bond acceptors (Lipinski definition) is 8. The third-order valence-electron chi connectivity index (χ3n) is 5.07. The Balaban J connectivity index is 1.77. The van der Waals surface area contributed by atoms with Crippen molar-refractivity contribution in [2.45, 2.75) is 37.2 Å². The highest BCUT2D eigenvalue weighted by Gasteiger charge is 2.25. The summed E-state index contributed by atoms with van der Waals surface area (Å²) >= 11 is 2.51. The lowest BCUT2D eigenvalue weighted by atomic mass is 10.3. The van der Waals surface area contributed by atoms with Crippen molar-refractivity contribution in [2.24, 2.45) is 0 Å². The smallest absolute Gasteiger partial charge is 0.319 e. The number of nitrogens with zero attached hydrogens (tertiary/aromatic N) is 4. The Labute approximate surface area is 199 Å². The summed E-state index contributed by atoms with van der Waals surface area (Å²) in [6, 6.07) is 15.2. The lowest BCUT2D eigenvalue weighted by Crippen LogP contribution is -2.20. The van der Waals surface area contributed by atoms with Crippen molar-refractivity contribution in [1.29, 1.82) is 0 Å². The van der Waals surface area contributed by atoms with Gasteiger partial charge in [0.05, 0.1) is 30.5 Å². The summed E-state index contributed by atoms with van der Waals surface area (Å²) < 4.78 is 15.0. The molecule has 1 atom stereocenters. The molecule has 0 aliphatic rings. The quantitative estimate of drug-likeness (QED) is 0.261. The molecule has 0 bridgehead atoms. The van der Waals surface area contributed by atoms with Gasteiger partial charge in [-0.05, 0) is 49.7 Å². The minimum absolute atomic E-state index is 0.0624. The molecule has 2 aromatic heterocycles. The molecule has 2 heterocycles. The zero-order chi connectivity index (χ0) is 23.4. The molecule has 4 rings (SSSR count). The van der Waals surface area contributed by atoms with E-state index < -0.39 is 5.25 Å². The van der Waals surface area contributed by atoms with Crippen LogP contribution in [0.2, 0.25) is 0 Å². The molecule has 4 aromatic rings. The van der Waals surface area contributed by atoms with Crippen LogP contribution in [0.3, 0.4) is 0 Å². The SMILES string of the molecule is CCOC(=O)[C@H](CC)Sc1nnc(Cn2c(=O)sc3ccccc32)n1-c1ccc(OC)cc1. The van der Waals surface area contributed by atoms with E-state index in [1.54, 1.807) is 18.6 Å². The van der Waals surface area contributed by atoms with Crippen molar-refractivity contribution in [3.05, 3.63) is 64.0 Å². The molecule has 0 radical (unpaired) electrons. The lowest BCUT2D eigenvalue weighted by molar-refractivity contribution is -0.142. The van der Waals surface area contributed by atoms with Crippen molar-refractivity contribution in [2.75, 3.05) is 13.7 Å². The molecule has 10 heteroatoms. The first-order valence-corrected chi connectivity index (χ1v) is 12.3. The van der Waals surface area contributed by atoms with E-state index >= 15 is 0 Å². The van der Waals surface area contributed by atoms with Gasteiger partial charge < -0.3 is 9.47 Å². The molecule has 2 aromatic carbocycles. The van der Waals surface area contributed by atoms with Gasteiger partial charge >= 0.3 is 10.8 Å². The van der Waals surface area contributed by atoms with Gasteiger partial charge in [0.1, 0.15) is 11.0 Å². The molecule has 0 spiro atoms. The number of para-hydroxylation sites is 1. The Bertz CT molecular complexity index is 1310. The Morgan fingerprint density at radius 3 is 2.58 bits per heavy atom. The van der Waals surface area contributed by atoms with Gasteiger partial charge in [-0.15, -0.1) is 10.2 Å².